The minimum absolute atomic E-state index is 0.193. The predicted octanol–water partition coefficient (Wildman–Crippen LogP) is 3.26. The number of nitrogens with one attached hydrogen (secondary N) is 1. The van der Waals surface area contributed by atoms with Crippen molar-refractivity contribution >= 4 is 10.0 Å². The largest absolute Gasteiger partial charge is 0.310 e. The summed E-state index contributed by atoms with van der Waals surface area (Å²) in [6, 6.07) is 19.4. The normalized spacial score (nSPS) is 16.8. The van der Waals surface area contributed by atoms with E-state index < -0.39 is 10.0 Å². The van der Waals surface area contributed by atoms with E-state index in [0.29, 0.717) is 19.1 Å². The molecule has 5 heteroatoms. The third kappa shape index (κ3) is 4.69. The van der Waals surface area contributed by atoms with Crippen molar-refractivity contribution in [3.05, 3.63) is 60.2 Å². The molecule has 2 aromatic carbocycles. The molecule has 4 nitrogen and oxygen atoms in total. The Morgan fingerprint density at radius 3 is 2.16 bits per heavy atom. The summed E-state index contributed by atoms with van der Waals surface area (Å²) in [5, 5.41) is 3.57. The topological polar surface area (TPSA) is 49.4 Å². The summed E-state index contributed by atoms with van der Waals surface area (Å²) in [6.45, 7) is 3.78. The van der Waals surface area contributed by atoms with Gasteiger partial charge in [0.15, 0.2) is 0 Å². The summed E-state index contributed by atoms with van der Waals surface area (Å²) in [5.74, 6) is 0.193. The van der Waals surface area contributed by atoms with Crippen molar-refractivity contribution in [3.63, 3.8) is 0 Å². The van der Waals surface area contributed by atoms with Crippen LogP contribution in [-0.2, 0) is 16.6 Å². The fourth-order valence-corrected chi connectivity index (χ4v) is 4.36. The van der Waals surface area contributed by atoms with E-state index in [0.717, 1.165) is 19.4 Å². The summed E-state index contributed by atoms with van der Waals surface area (Å²) in [7, 11) is -3.04. The molecule has 0 spiro atoms. The molecule has 0 atom stereocenters. The van der Waals surface area contributed by atoms with Gasteiger partial charge >= 0.3 is 0 Å². The van der Waals surface area contributed by atoms with Crippen LogP contribution in [0.25, 0.3) is 11.1 Å². The summed E-state index contributed by atoms with van der Waals surface area (Å²) < 4.78 is 25.4. The Hall–Kier alpha value is -1.69. The monoisotopic (exact) mass is 358 g/mol. The molecule has 0 aromatic heterocycles. The van der Waals surface area contributed by atoms with E-state index in [2.05, 4.69) is 53.8 Å². The number of nitrogens with zero attached hydrogens (tertiary/aromatic N) is 1. The van der Waals surface area contributed by atoms with Gasteiger partial charge in [-0.25, -0.2) is 12.7 Å². The molecule has 1 saturated heterocycles. The van der Waals surface area contributed by atoms with Crippen molar-refractivity contribution < 1.29 is 8.42 Å². The van der Waals surface area contributed by atoms with E-state index >= 15 is 0 Å². The van der Waals surface area contributed by atoms with Crippen LogP contribution in [-0.4, -0.2) is 37.6 Å². The minimum Gasteiger partial charge on any atom is -0.310 e. The van der Waals surface area contributed by atoms with Gasteiger partial charge in [-0.3, -0.25) is 0 Å². The van der Waals surface area contributed by atoms with Crippen LogP contribution >= 0.6 is 0 Å². The lowest BCUT2D eigenvalue weighted by Gasteiger charge is -2.31. The molecule has 0 amide bonds. The third-order valence-corrected chi connectivity index (χ3v) is 6.75. The molecule has 1 fully saturated rings. The zero-order chi connectivity index (χ0) is 17.7. The number of benzene rings is 2. The first-order valence-corrected chi connectivity index (χ1v) is 10.5. The molecule has 3 rings (SSSR count). The predicted molar refractivity (Wildman–Crippen MR) is 103 cm³/mol. The number of rotatable bonds is 6. The molecule has 1 aliphatic heterocycles. The lowest BCUT2D eigenvalue weighted by molar-refractivity contribution is 0.289. The molecule has 0 unspecified atom stereocenters. The van der Waals surface area contributed by atoms with Crippen molar-refractivity contribution in [3.8, 4) is 11.1 Å². The van der Waals surface area contributed by atoms with Gasteiger partial charge in [0, 0.05) is 25.7 Å². The second-order valence-electron chi connectivity index (χ2n) is 6.52. The summed E-state index contributed by atoms with van der Waals surface area (Å²) in [6.07, 6.45) is 1.75. The van der Waals surface area contributed by atoms with Gasteiger partial charge in [-0.15, -0.1) is 0 Å². The lowest BCUT2D eigenvalue weighted by Crippen LogP contribution is -2.45. The molecule has 1 heterocycles. The van der Waals surface area contributed by atoms with E-state index in [1.165, 1.54) is 16.7 Å². The Morgan fingerprint density at radius 1 is 0.960 bits per heavy atom. The van der Waals surface area contributed by atoms with Gasteiger partial charge in [0.1, 0.15) is 0 Å². The van der Waals surface area contributed by atoms with E-state index in [1.807, 2.05) is 6.07 Å². The standard InChI is InChI=1S/C20H26N2O2S/c1-2-25(23,24)22-14-12-20(13-15-22)21-16-17-8-10-19(11-9-17)18-6-4-3-5-7-18/h3-11,20-21H,2,12-16H2,1H3. The molecular weight excluding hydrogens is 332 g/mol. The van der Waals surface area contributed by atoms with Crippen LogP contribution < -0.4 is 5.32 Å². The zero-order valence-corrected chi connectivity index (χ0v) is 15.5. The van der Waals surface area contributed by atoms with Gasteiger partial charge in [-0.05, 0) is 36.5 Å². The highest BCUT2D eigenvalue weighted by molar-refractivity contribution is 7.89. The maximum absolute atomic E-state index is 11.9. The van der Waals surface area contributed by atoms with Crippen molar-refractivity contribution in [1.82, 2.24) is 9.62 Å². The van der Waals surface area contributed by atoms with E-state index in [1.54, 1.807) is 11.2 Å². The van der Waals surface area contributed by atoms with Crippen LogP contribution in [0.4, 0.5) is 0 Å². The van der Waals surface area contributed by atoms with Crippen molar-refractivity contribution in [2.75, 3.05) is 18.8 Å². The van der Waals surface area contributed by atoms with Crippen molar-refractivity contribution in [1.29, 1.82) is 0 Å². The van der Waals surface area contributed by atoms with E-state index in [9.17, 15) is 8.42 Å². The van der Waals surface area contributed by atoms with Crippen LogP contribution in [0.5, 0.6) is 0 Å². The molecule has 25 heavy (non-hydrogen) atoms. The number of hydrogen-bond donors (Lipinski definition) is 1. The summed E-state index contributed by atoms with van der Waals surface area (Å²) in [5.41, 5.74) is 3.71. The molecule has 0 aliphatic carbocycles. The average Bonchev–Trinajstić information content (AvgIpc) is 2.68. The smallest absolute Gasteiger partial charge is 0.213 e. The lowest BCUT2D eigenvalue weighted by atomic mass is 10.0. The first kappa shape index (κ1) is 18.1. The SMILES string of the molecule is CCS(=O)(=O)N1CCC(NCc2ccc(-c3ccccc3)cc2)CC1. The van der Waals surface area contributed by atoms with Gasteiger partial charge in [0.2, 0.25) is 10.0 Å². The number of piperidine rings is 1. The van der Waals surface area contributed by atoms with Crippen LogP contribution in [0.2, 0.25) is 0 Å². The number of sulfonamides is 1. The second-order valence-corrected chi connectivity index (χ2v) is 8.78. The Morgan fingerprint density at radius 2 is 1.56 bits per heavy atom. The number of hydrogen-bond acceptors (Lipinski definition) is 3. The van der Waals surface area contributed by atoms with Gasteiger partial charge in [-0.1, -0.05) is 54.6 Å². The van der Waals surface area contributed by atoms with Gasteiger partial charge in [0.05, 0.1) is 5.75 Å². The van der Waals surface area contributed by atoms with Crippen LogP contribution in [0, 0.1) is 0 Å². The summed E-state index contributed by atoms with van der Waals surface area (Å²) >= 11 is 0. The van der Waals surface area contributed by atoms with Crippen molar-refractivity contribution in [2.45, 2.75) is 32.4 Å². The first-order chi connectivity index (χ1) is 12.1. The fourth-order valence-electron chi connectivity index (χ4n) is 3.23. The first-order valence-electron chi connectivity index (χ1n) is 8.94. The molecule has 2 aromatic rings. The zero-order valence-electron chi connectivity index (χ0n) is 14.7. The maximum Gasteiger partial charge on any atom is 0.213 e. The van der Waals surface area contributed by atoms with E-state index in [4.69, 9.17) is 0 Å². The van der Waals surface area contributed by atoms with Gasteiger partial charge in [-0.2, -0.15) is 0 Å². The molecule has 0 saturated carbocycles. The quantitative estimate of drug-likeness (QED) is 0.862. The molecule has 0 bridgehead atoms. The third-order valence-electron chi connectivity index (χ3n) is 4.87. The molecule has 1 aliphatic rings. The minimum atomic E-state index is -3.04. The Bertz CT molecular complexity index is 765. The second kappa shape index (κ2) is 8.13. The van der Waals surface area contributed by atoms with Crippen LogP contribution in [0.1, 0.15) is 25.3 Å². The van der Waals surface area contributed by atoms with Crippen LogP contribution in [0.15, 0.2) is 54.6 Å². The van der Waals surface area contributed by atoms with Crippen LogP contribution in [0.3, 0.4) is 0 Å². The molecule has 134 valence electrons. The highest BCUT2D eigenvalue weighted by atomic mass is 32.2. The molecule has 1 N–H and O–H groups in total. The van der Waals surface area contributed by atoms with E-state index in [-0.39, 0.29) is 5.75 Å². The molecule has 0 radical (unpaired) electrons. The fraction of sp³-hybridized carbons (Fsp3) is 0.400. The highest BCUT2D eigenvalue weighted by Crippen LogP contribution is 2.20. The van der Waals surface area contributed by atoms with Crippen molar-refractivity contribution in [2.24, 2.45) is 0 Å². The maximum atomic E-state index is 11.9. The Labute approximate surface area is 150 Å². The highest BCUT2D eigenvalue weighted by Gasteiger charge is 2.26. The Kier molecular flexibility index (Phi) is 5.89. The Balaban J connectivity index is 1.50. The average molecular weight is 359 g/mol. The summed E-state index contributed by atoms with van der Waals surface area (Å²) in [4.78, 5) is 0. The molecular formula is C20H26N2O2S. The van der Waals surface area contributed by atoms with Gasteiger partial charge in [0.25, 0.3) is 0 Å². The van der Waals surface area contributed by atoms with Gasteiger partial charge < -0.3 is 5.32 Å².